The Labute approximate surface area is 177 Å². The van der Waals surface area contributed by atoms with E-state index in [1.807, 2.05) is 12.2 Å². The van der Waals surface area contributed by atoms with E-state index in [0.717, 1.165) is 28.1 Å². The first kappa shape index (κ1) is 22.2. The minimum atomic E-state index is -0.691. The van der Waals surface area contributed by atoms with Crippen LogP contribution in [0.1, 0.15) is 70.3 Å². The van der Waals surface area contributed by atoms with Gasteiger partial charge in [0.25, 0.3) is 0 Å². The van der Waals surface area contributed by atoms with Crippen LogP contribution in [0.3, 0.4) is 0 Å². The lowest BCUT2D eigenvalue weighted by Gasteiger charge is -2.25. The summed E-state index contributed by atoms with van der Waals surface area (Å²) in [6, 6.07) is 8.50. The molecule has 0 unspecified atom stereocenters. The lowest BCUT2D eigenvalue weighted by Crippen LogP contribution is -2.31. The highest BCUT2D eigenvalue weighted by Gasteiger charge is 2.26. The largest absolute Gasteiger partial charge is 0.458 e. The molecule has 1 fully saturated rings. The van der Waals surface area contributed by atoms with Crippen molar-refractivity contribution in [1.82, 2.24) is 4.98 Å². The molecule has 1 N–H and O–H groups in total. The quantitative estimate of drug-likeness (QED) is 0.686. The van der Waals surface area contributed by atoms with E-state index in [9.17, 15) is 14.3 Å². The zero-order valence-electron chi connectivity index (χ0n) is 18.3. The van der Waals surface area contributed by atoms with Crippen LogP contribution in [0.15, 0.2) is 36.4 Å². The predicted octanol–water partition coefficient (Wildman–Crippen LogP) is 5.39. The summed E-state index contributed by atoms with van der Waals surface area (Å²) >= 11 is 0. The number of carbonyl (C=O) groups is 1. The molecule has 0 radical (unpaired) electrons. The summed E-state index contributed by atoms with van der Waals surface area (Å²) in [5.41, 5.74) is 4.51. The third-order valence-corrected chi connectivity index (χ3v) is 5.23. The summed E-state index contributed by atoms with van der Waals surface area (Å²) in [5, 5.41) is 9.89. The van der Waals surface area contributed by atoms with Crippen LogP contribution < -0.4 is 0 Å². The van der Waals surface area contributed by atoms with Crippen molar-refractivity contribution in [2.45, 2.75) is 71.0 Å². The van der Waals surface area contributed by atoms with E-state index in [0.29, 0.717) is 6.42 Å². The van der Waals surface area contributed by atoms with Crippen molar-refractivity contribution in [2.75, 3.05) is 0 Å². The van der Waals surface area contributed by atoms with Gasteiger partial charge < -0.3 is 9.84 Å². The molecule has 1 aromatic carbocycles. The number of pyridine rings is 1. The molecule has 4 nitrogen and oxygen atoms in total. The van der Waals surface area contributed by atoms with E-state index in [4.69, 9.17) is 9.72 Å². The van der Waals surface area contributed by atoms with E-state index >= 15 is 0 Å². The Morgan fingerprint density at radius 3 is 2.47 bits per heavy atom. The summed E-state index contributed by atoms with van der Waals surface area (Å²) in [7, 11) is 0. The molecule has 1 aromatic heterocycles. The van der Waals surface area contributed by atoms with Gasteiger partial charge in [-0.25, -0.2) is 4.39 Å². The number of carbonyl (C=O) groups excluding carboxylic acids is 1. The normalized spacial score (nSPS) is 20.1. The lowest BCUT2D eigenvalue weighted by molar-refractivity contribution is -0.156. The molecular weight excluding hydrogens is 381 g/mol. The fourth-order valence-corrected chi connectivity index (χ4v) is 3.57. The first-order valence-electron chi connectivity index (χ1n) is 10.4. The highest BCUT2D eigenvalue weighted by Crippen LogP contribution is 2.35. The number of aliphatic hydroxyl groups excluding tert-OH is 1. The molecule has 0 bridgehead atoms. The smallest absolute Gasteiger partial charge is 0.309 e. The van der Waals surface area contributed by atoms with Crippen LogP contribution in [0, 0.1) is 5.82 Å². The van der Waals surface area contributed by atoms with Crippen LogP contribution in [0.5, 0.6) is 0 Å². The Morgan fingerprint density at radius 1 is 1.23 bits per heavy atom. The predicted molar refractivity (Wildman–Crippen MR) is 117 cm³/mol. The molecule has 2 heterocycles. The Morgan fingerprint density at radius 2 is 1.90 bits per heavy atom. The van der Waals surface area contributed by atoms with E-state index in [1.165, 1.54) is 12.1 Å². The summed E-state index contributed by atoms with van der Waals surface area (Å²) < 4.78 is 18.9. The average molecular weight is 412 g/mol. The molecular formula is C25H30FNO3. The highest BCUT2D eigenvalue weighted by atomic mass is 19.1. The number of aliphatic hydroxyl groups is 1. The van der Waals surface area contributed by atoms with E-state index in [1.54, 1.807) is 12.1 Å². The van der Waals surface area contributed by atoms with Crippen molar-refractivity contribution in [2.24, 2.45) is 0 Å². The van der Waals surface area contributed by atoms with Gasteiger partial charge in [0.15, 0.2) is 0 Å². The third-order valence-electron chi connectivity index (χ3n) is 5.23. The number of nitrogens with zero attached hydrogens (tertiary/aromatic N) is 1. The summed E-state index contributed by atoms with van der Waals surface area (Å²) in [6.07, 6.45) is 2.97. The summed E-state index contributed by atoms with van der Waals surface area (Å²) in [5.74, 6) is -0.522. The van der Waals surface area contributed by atoms with Gasteiger partial charge >= 0.3 is 5.97 Å². The Balaban J connectivity index is 2.14. The van der Waals surface area contributed by atoms with Gasteiger partial charge in [0.1, 0.15) is 11.9 Å². The maximum Gasteiger partial charge on any atom is 0.309 e. The van der Waals surface area contributed by atoms with Crippen LogP contribution in [0.2, 0.25) is 0 Å². The molecule has 160 valence electrons. The molecule has 3 rings (SSSR count). The fraction of sp³-hybridized carbons (Fsp3) is 0.440. The van der Waals surface area contributed by atoms with Crippen molar-refractivity contribution < 1.29 is 19.0 Å². The zero-order chi connectivity index (χ0) is 22.1. The monoisotopic (exact) mass is 411 g/mol. The number of hydrogen-bond donors (Lipinski definition) is 1. The number of aromatic nitrogens is 1. The van der Waals surface area contributed by atoms with Crippen LogP contribution >= 0.6 is 0 Å². The SMILES string of the molecule is CC(C)c1nc(C(C)(C)C)cc(-c2ccc(F)cc2)c1/C=C/[C@@H]1C[C@@H](O)CC(=O)O1. The van der Waals surface area contributed by atoms with E-state index in [2.05, 4.69) is 40.7 Å². The molecule has 1 aliphatic heterocycles. The number of rotatable bonds is 4. The molecule has 1 saturated heterocycles. The molecule has 1 aliphatic rings. The van der Waals surface area contributed by atoms with Crippen LogP contribution in [0.4, 0.5) is 4.39 Å². The van der Waals surface area contributed by atoms with Crippen molar-refractivity contribution >= 4 is 12.0 Å². The Hall–Kier alpha value is -2.53. The Kier molecular flexibility index (Phi) is 6.41. The van der Waals surface area contributed by atoms with Gasteiger partial charge in [-0.3, -0.25) is 9.78 Å². The summed E-state index contributed by atoms with van der Waals surface area (Å²) in [4.78, 5) is 16.6. The highest BCUT2D eigenvalue weighted by molar-refractivity contribution is 5.78. The van der Waals surface area contributed by atoms with Gasteiger partial charge in [0, 0.05) is 23.1 Å². The lowest BCUT2D eigenvalue weighted by atomic mass is 9.86. The zero-order valence-corrected chi connectivity index (χ0v) is 18.3. The number of ether oxygens (including phenoxy) is 1. The van der Waals surface area contributed by atoms with Gasteiger partial charge in [-0.05, 0) is 41.3 Å². The van der Waals surface area contributed by atoms with Crippen molar-refractivity contribution in [3.63, 3.8) is 0 Å². The number of hydrogen-bond acceptors (Lipinski definition) is 4. The maximum atomic E-state index is 13.5. The first-order chi connectivity index (χ1) is 14.0. The van der Waals surface area contributed by atoms with Gasteiger partial charge in [-0.2, -0.15) is 0 Å². The number of benzene rings is 1. The topological polar surface area (TPSA) is 59.4 Å². The average Bonchev–Trinajstić information content (AvgIpc) is 2.65. The van der Waals surface area contributed by atoms with Crippen molar-refractivity contribution in [3.05, 3.63) is 59.2 Å². The number of esters is 1. The van der Waals surface area contributed by atoms with E-state index < -0.39 is 18.2 Å². The van der Waals surface area contributed by atoms with E-state index in [-0.39, 0.29) is 23.6 Å². The second-order valence-electron chi connectivity index (χ2n) is 9.25. The van der Waals surface area contributed by atoms with Crippen LogP contribution in [-0.4, -0.2) is 28.3 Å². The fourth-order valence-electron chi connectivity index (χ4n) is 3.57. The number of cyclic esters (lactones) is 1. The van der Waals surface area contributed by atoms with Crippen molar-refractivity contribution in [3.8, 4) is 11.1 Å². The molecule has 0 saturated carbocycles. The first-order valence-corrected chi connectivity index (χ1v) is 10.4. The van der Waals surface area contributed by atoms with Crippen LogP contribution in [-0.2, 0) is 14.9 Å². The minimum Gasteiger partial charge on any atom is -0.458 e. The van der Waals surface area contributed by atoms with Gasteiger partial charge in [-0.1, -0.05) is 52.8 Å². The molecule has 5 heteroatoms. The van der Waals surface area contributed by atoms with Gasteiger partial charge in [-0.15, -0.1) is 0 Å². The maximum absolute atomic E-state index is 13.5. The van der Waals surface area contributed by atoms with Crippen molar-refractivity contribution in [1.29, 1.82) is 0 Å². The molecule has 0 amide bonds. The standard InChI is InChI=1S/C25H30FNO3/c1-15(2)24-20(11-10-19-12-18(28)13-23(29)30-19)21(14-22(27-24)25(3,4)5)16-6-8-17(26)9-7-16/h6-11,14-15,18-19,28H,12-13H2,1-5H3/b11-10+/t18-,19-/m1/s1. The molecule has 2 atom stereocenters. The Bertz CT molecular complexity index is 942. The molecule has 0 aliphatic carbocycles. The molecule has 30 heavy (non-hydrogen) atoms. The minimum absolute atomic E-state index is 0.0320. The second-order valence-corrected chi connectivity index (χ2v) is 9.25. The second kappa shape index (κ2) is 8.68. The molecule has 0 spiro atoms. The third kappa shape index (κ3) is 5.14. The summed E-state index contributed by atoms with van der Waals surface area (Å²) in [6.45, 7) is 10.5. The van der Waals surface area contributed by atoms with Gasteiger partial charge in [0.2, 0.25) is 0 Å². The van der Waals surface area contributed by atoms with Gasteiger partial charge in [0.05, 0.1) is 18.2 Å². The van der Waals surface area contributed by atoms with Crippen LogP contribution in [0.25, 0.3) is 17.2 Å². The number of halogens is 1. The molecule has 2 aromatic rings.